The average Bonchev–Trinajstić information content (AvgIpc) is 2.66. The van der Waals surface area contributed by atoms with E-state index in [-0.39, 0.29) is 18.9 Å². The normalized spacial score (nSPS) is 11.4. The monoisotopic (exact) mass is 396 g/mol. The maximum Gasteiger partial charge on any atom is 0.232 e. The first kappa shape index (κ1) is 19.9. The van der Waals surface area contributed by atoms with Crippen molar-refractivity contribution in [3.8, 4) is 0 Å². The van der Waals surface area contributed by atoms with Gasteiger partial charge in [-0.2, -0.15) is 0 Å². The van der Waals surface area contributed by atoms with Crippen molar-refractivity contribution in [2.45, 2.75) is 19.8 Å². The quantitative estimate of drug-likeness (QED) is 0.646. The summed E-state index contributed by atoms with van der Waals surface area (Å²) in [5.41, 5.74) is 2.44. The Bertz CT molecular complexity index is 1070. The minimum Gasteiger partial charge on any atom is -0.326 e. The molecule has 0 unspecified atom stereocenters. The van der Waals surface area contributed by atoms with Gasteiger partial charge >= 0.3 is 0 Å². The number of hydrogen-bond acceptors (Lipinski definition) is 3. The molecule has 1 amide bonds. The van der Waals surface area contributed by atoms with Crippen LogP contribution in [0.1, 0.15) is 18.4 Å². The second-order valence-corrected chi connectivity index (χ2v) is 8.76. The van der Waals surface area contributed by atoms with E-state index in [0.717, 1.165) is 22.0 Å². The Labute approximate surface area is 166 Å². The summed E-state index contributed by atoms with van der Waals surface area (Å²) < 4.78 is 25.7. The number of anilines is 2. The summed E-state index contributed by atoms with van der Waals surface area (Å²) in [5.74, 6) is -0.131. The van der Waals surface area contributed by atoms with Crippen LogP contribution in [0.25, 0.3) is 10.8 Å². The van der Waals surface area contributed by atoms with Crippen molar-refractivity contribution in [3.05, 3.63) is 72.3 Å². The predicted molar refractivity (Wildman–Crippen MR) is 115 cm³/mol. The van der Waals surface area contributed by atoms with Crippen LogP contribution in [-0.4, -0.2) is 27.1 Å². The molecule has 28 heavy (non-hydrogen) atoms. The standard InChI is InChI=1S/C22H24N2O3S/c1-17-12-14-19(15-13-17)24(28(2,26)27)16-6-11-22(25)23-21-10-5-8-18-7-3-4-9-20(18)21/h3-5,7-10,12-15H,6,11,16H2,1-2H3,(H,23,25). The molecule has 0 radical (unpaired) electrons. The summed E-state index contributed by atoms with van der Waals surface area (Å²) in [5, 5.41) is 4.98. The molecule has 5 nitrogen and oxygen atoms in total. The van der Waals surface area contributed by atoms with Gasteiger partial charge in [-0.3, -0.25) is 9.10 Å². The van der Waals surface area contributed by atoms with E-state index in [2.05, 4.69) is 5.32 Å². The van der Waals surface area contributed by atoms with Crippen LogP contribution in [0.15, 0.2) is 66.7 Å². The van der Waals surface area contributed by atoms with Crippen molar-refractivity contribution >= 4 is 38.1 Å². The summed E-state index contributed by atoms with van der Waals surface area (Å²) in [6, 6.07) is 20.9. The van der Waals surface area contributed by atoms with E-state index in [9.17, 15) is 13.2 Å². The molecule has 3 rings (SSSR count). The molecule has 0 spiro atoms. The summed E-state index contributed by atoms with van der Waals surface area (Å²) in [6.45, 7) is 2.21. The van der Waals surface area contributed by atoms with Crippen molar-refractivity contribution in [1.82, 2.24) is 0 Å². The Morgan fingerprint density at radius 1 is 0.964 bits per heavy atom. The number of hydrogen-bond donors (Lipinski definition) is 1. The SMILES string of the molecule is Cc1ccc(N(CCCC(=O)Nc2cccc3ccccc23)S(C)(=O)=O)cc1. The fourth-order valence-electron chi connectivity index (χ4n) is 3.13. The lowest BCUT2D eigenvalue weighted by atomic mass is 10.1. The largest absolute Gasteiger partial charge is 0.326 e. The number of sulfonamides is 1. The molecule has 6 heteroatoms. The van der Waals surface area contributed by atoms with Gasteiger partial charge in [0.25, 0.3) is 0 Å². The summed E-state index contributed by atoms with van der Waals surface area (Å²) in [7, 11) is -3.41. The third-order valence-electron chi connectivity index (χ3n) is 4.55. The lowest BCUT2D eigenvalue weighted by molar-refractivity contribution is -0.116. The second kappa shape index (κ2) is 8.44. The van der Waals surface area contributed by atoms with Crippen molar-refractivity contribution in [1.29, 1.82) is 0 Å². The number of rotatable bonds is 7. The first-order chi connectivity index (χ1) is 13.3. The van der Waals surface area contributed by atoms with Gasteiger partial charge in [-0.1, -0.05) is 54.1 Å². The zero-order valence-corrected chi connectivity index (χ0v) is 16.9. The highest BCUT2D eigenvalue weighted by atomic mass is 32.2. The molecule has 0 aliphatic rings. The highest BCUT2D eigenvalue weighted by Gasteiger charge is 2.17. The van der Waals surface area contributed by atoms with Crippen LogP contribution in [0.3, 0.4) is 0 Å². The number of nitrogens with zero attached hydrogens (tertiary/aromatic N) is 1. The van der Waals surface area contributed by atoms with Gasteiger partial charge in [0.05, 0.1) is 11.9 Å². The zero-order chi connectivity index (χ0) is 20.1. The Kier molecular flexibility index (Phi) is 5.99. The van der Waals surface area contributed by atoms with Crippen molar-refractivity contribution in [2.24, 2.45) is 0 Å². The predicted octanol–water partition coefficient (Wildman–Crippen LogP) is 4.33. The molecule has 0 bridgehead atoms. The Hall–Kier alpha value is -2.86. The number of amides is 1. The van der Waals surface area contributed by atoms with Crippen molar-refractivity contribution in [3.63, 3.8) is 0 Å². The van der Waals surface area contributed by atoms with Gasteiger partial charge < -0.3 is 5.32 Å². The lowest BCUT2D eigenvalue weighted by Crippen LogP contribution is -2.31. The third kappa shape index (κ3) is 4.89. The van der Waals surface area contributed by atoms with Crippen molar-refractivity contribution in [2.75, 3.05) is 22.4 Å². The Morgan fingerprint density at radius 2 is 1.64 bits per heavy atom. The number of benzene rings is 3. The van der Waals surface area contributed by atoms with Gasteiger partial charge in [0.15, 0.2) is 0 Å². The average molecular weight is 397 g/mol. The van der Waals surface area contributed by atoms with E-state index in [1.54, 1.807) is 12.1 Å². The van der Waals surface area contributed by atoms with Crippen LogP contribution in [0, 0.1) is 6.92 Å². The van der Waals surface area contributed by atoms with E-state index < -0.39 is 10.0 Å². The number of aryl methyl sites for hydroxylation is 1. The molecule has 0 saturated heterocycles. The molecule has 3 aromatic carbocycles. The lowest BCUT2D eigenvalue weighted by Gasteiger charge is -2.22. The van der Waals surface area contributed by atoms with Gasteiger partial charge in [-0.05, 0) is 36.9 Å². The molecule has 0 atom stereocenters. The smallest absolute Gasteiger partial charge is 0.232 e. The highest BCUT2D eigenvalue weighted by molar-refractivity contribution is 7.92. The van der Waals surface area contributed by atoms with Gasteiger partial charge in [-0.25, -0.2) is 8.42 Å². The first-order valence-corrected chi connectivity index (χ1v) is 11.0. The molecule has 3 aromatic rings. The van der Waals surface area contributed by atoms with E-state index in [1.165, 1.54) is 10.6 Å². The third-order valence-corrected chi connectivity index (χ3v) is 5.75. The molecule has 146 valence electrons. The fraction of sp³-hybridized carbons (Fsp3) is 0.227. The van der Waals surface area contributed by atoms with Gasteiger partial charge in [0.2, 0.25) is 15.9 Å². The fourth-order valence-corrected chi connectivity index (χ4v) is 4.09. The molecule has 0 saturated carbocycles. The number of carbonyl (C=O) groups excluding carboxylic acids is 1. The molecule has 0 heterocycles. The first-order valence-electron chi connectivity index (χ1n) is 9.16. The van der Waals surface area contributed by atoms with Gasteiger partial charge in [0, 0.05) is 24.0 Å². The minimum absolute atomic E-state index is 0.131. The van der Waals surface area contributed by atoms with E-state index >= 15 is 0 Å². The molecule has 0 aromatic heterocycles. The van der Waals surface area contributed by atoms with Crippen LogP contribution in [-0.2, 0) is 14.8 Å². The Morgan fingerprint density at radius 3 is 2.36 bits per heavy atom. The maximum atomic E-state index is 12.4. The topological polar surface area (TPSA) is 66.5 Å². The van der Waals surface area contributed by atoms with Crippen LogP contribution in [0.2, 0.25) is 0 Å². The van der Waals surface area contributed by atoms with Crippen LogP contribution < -0.4 is 9.62 Å². The molecule has 0 aliphatic carbocycles. The van der Waals surface area contributed by atoms with Gasteiger partial charge in [0.1, 0.15) is 0 Å². The minimum atomic E-state index is -3.41. The van der Waals surface area contributed by atoms with E-state index in [4.69, 9.17) is 0 Å². The zero-order valence-electron chi connectivity index (χ0n) is 16.1. The molecular weight excluding hydrogens is 372 g/mol. The second-order valence-electron chi connectivity index (χ2n) is 6.85. The number of fused-ring (bicyclic) bond motifs is 1. The molecular formula is C22H24N2O3S. The maximum absolute atomic E-state index is 12.4. The Balaban J connectivity index is 1.64. The summed E-state index contributed by atoms with van der Waals surface area (Å²) >= 11 is 0. The van der Waals surface area contributed by atoms with E-state index in [0.29, 0.717) is 12.1 Å². The molecule has 0 aliphatic heterocycles. The van der Waals surface area contributed by atoms with E-state index in [1.807, 2.05) is 61.5 Å². The van der Waals surface area contributed by atoms with Gasteiger partial charge in [-0.15, -0.1) is 0 Å². The molecule has 0 fully saturated rings. The number of carbonyl (C=O) groups is 1. The summed E-state index contributed by atoms with van der Waals surface area (Å²) in [6.07, 6.45) is 1.85. The van der Waals surface area contributed by atoms with Crippen LogP contribution >= 0.6 is 0 Å². The number of nitrogens with one attached hydrogen (secondary N) is 1. The highest BCUT2D eigenvalue weighted by Crippen LogP contribution is 2.23. The van der Waals surface area contributed by atoms with Crippen molar-refractivity contribution < 1.29 is 13.2 Å². The summed E-state index contributed by atoms with van der Waals surface area (Å²) in [4.78, 5) is 12.4. The van der Waals surface area contributed by atoms with Crippen LogP contribution in [0.4, 0.5) is 11.4 Å². The van der Waals surface area contributed by atoms with Crippen LogP contribution in [0.5, 0.6) is 0 Å². The molecule has 1 N–H and O–H groups in total.